The summed E-state index contributed by atoms with van der Waals surface area (Å²) in [6.45, 7) is 0. The molecule has 0 aliphatic carbocycles. The lowest BCUT2D eigenvalue weighted by Crippen LogP contribution is -2.42. The first-order valence-corrected chi connectivity index (χ1v) is 5.27. The normalized spacial score (nSPS) is 10.5. The summed E-state index contributed by atoms with van der Waals surface area (Å²) in [5.74, 6) is -5.02. The molecule has 0 spiro atoms. The molecule has 8 N–H and O–H groups in total. The van der Waals surface area contributed by atoms with Gasteiger partial charge in [-0.15, -0.1) is 0 Å². The minimum Gasteiger partial charge on any atom is -0.481 e. The van der Waals surface area contributed by atoms with Crippen LogP contribution >= 0.6 is 0 Å². The number of rotatable bonds is 5. The summed E-state index contributed by atoms with van der Waals surface area (Å²) in [4.78, 5) is 30.5. The third-order valence-electron chi connectivity index (χ3n) is 1.29. The van der Waals surface area contributed by atoms with E-state index in [1.165, 1.54) is 0 Å². The Kier molecular flexibility index (Phi) is 9.81. The van der Waals surface area contributed by atoms with Crippen LogP contribution in [0.4, 0.5) is 0 Å². The zero-order valence-electron chi connectivity index (χ0n) is 9.05. The zero-order valence-corrected chi connectivity index (χ0v) is 9.86. The lowest BCUT2D eigenvalue weighted by Gasteiger charge is -2.18. The number of carbonyl (C=O) groups is 3. The van der Waals surface area contributed by atoms with Gasteiger partial charge < -0.3 is 25.9 Å². The highest BCUT2D eigenvalue weighted by atomic mass is 32.3. The van der Waals surface area contributed by atoms with Crippen LogP contribution < -0.4 is 0 Å². The molecule has 114 valence electrons. The van der Waals surface area contributed by atoms with Crippen LogP contribution in [-0.2, 0) is 24.8 Å². The second kappa shape index (κ2) is 8.33. The van der Waals surface area contributed by atoms with Crippen molar-refractivity contribution in [2.75, 3.05) is 0 Å². The molecule has 19 heavy (non-hydrogen) atoms. The predicted octanol–water partition coefficient (Wildman–Crippen LogP) is -2.73. The largest absolute Gasteiger partial charge is 0.481 e. The maximum absolute atomic E-state index is 10.3. The van der Waals surface area contributed by atoms with Gasteiger partial charge in [0.15, 0.2) is 5.60 Å². The van der Waals surface area contributed by atoms with Gasteiger partial charge in [0.1, 0.15) is 0 Å². The summed E-state index contributed by atoms with van der Waals surface area (Å²) < 4.78 is 31.6. The van der Waals surface area contributed by atoms with E-state index in [2.05, 4.69) is 0 Å². The summed E-state index contributed by atoms with van der Waals surface area (Å²) in [7, 11) is -4.67. The van der Waals surface area contributed by atoms with Gasteiger partial charge >= 0.3 is 28.3 Å². The molecule has 12 nitrogen and oxygen atoms in total. The fourth-order valence-corrected chi connectivity index (χ4v) is 0.714. The molecule has 0 aromatic heterocycles. The minimum atomic E-state index is -4.67. The van der Waals surface area contributed by atoms with Gasteiger partial charge in [0.05, 0.1) is 12.8 Å². The molecule has 0 bridgehead atoms. The second-order valence-corrected chi connectivity index (χ2v) is 3.82. The molecule has 0 aromatic rings. The monoisotopic (exact) mass is 308 g/mol. The maximum atomic E-state index is 10.3. The molecule has 0 saturated carbocycles. The summed E-state index contributed by atoms with van der Waals surface area (Å²) in [6.07, 6.45) is -2.29. The highest BCUT2D eigenvalue weighted by molar-refractivity contribution is 7.79. The van der Waals surface area contributed by atoms with E-state index in [9.17, 15) is 14.4 Å². The number of hydrogen-bond donors (Lipinski definition) is 6. The quantitative estimate of drug-likeness (QED) is 0.285. The fourth-order valence-electron chi connectivity index (χ4n) is 0.714. The van der Waals surface area contributed by atoms with E-state index in [0.717, 1.165) is 0 Å². The van der Waals surface area contributed by atoms with Crippen LogP contribution in [0.1, 0.15) is 12.8 Å². The van der Waals surface area contributed by atoms with Gasteiger partial charge in [0.25, 0.3) is 0 Å². The van der Waals surface area contributed by atoms with E-state index in [0.29, 0.717) is 0 Å². The van der Waals surface area contributed by atoms with E-state index < -0.39 is 46.7 Å². The molecule has 0 fully saturated rings. The van der Waals surface area contributed by atoms with Crippen LogP contribution in [0.25, 0.3) is 0 Å². The van der Waals surface area contributed by atoms with Crippen molar-refractivity contribution in [2.45, 2.75) is 18.4 Å². The number of hydrogen-bond acceptors (Lipinski definition) is 6. The van der Waals surface area contributed by atoms with Gasteiger partial charge in [-0.2, -0.15) is 8.42 Å². The van der Waals surface area contributed by atoms with Crippen molar-refractivity contribution >= 4 is 28.3 Å². The molecule has 0 aliphatic heterocycles. The highest BCUT2D eigenvalue weighted by Gasteiger charge is 2.40. The molecule has 0 unspecified atom stereocenters. The SMILES string of the molecule is O.O=C(O)CC(O)(CC(=O)O)C(=O)O.O=S(=O)(O)O. The zero-order chi connectivity index (χ0) is 15.1. The third-order valence-corrected chi connectivity index (χ3v) is 1.29. The molecular weight excluding hydrogens is 296 g/mol. The van der Waals surface area contributed by atoms with E-state index >= 15 is 0 Å². The van der Waals surface area contributed by atoms with Gasteiger partial charge in [-0.3, -0.25) is 18.7 Å². The summed E-state index contributed by atoms with van der Waals surface area (Å²) >= 11 is 0. The summed E-state index contributed by atoms with van der Waals surface area (Å²) in [5.41, 5.74) is -2.74. The van der Waals surface area contributed by atoms with Gasteiger partial charge in [-0.05, 0) is 0 Å². The van der Waals surface area contributed by atoms with E-state index in [1.54, 1.807) is 0 Å². The predicted molar refractivity (Wildman–Crippen MR) is 54.9 cm³/mol. The first-order chi connectivity index (χ1) is 7.78. The van der Waals surface area contributed by atoms with Gasteiger partial charge in [0.2, 0.25) is 0 Å². The van der Waals surface area contributed by atoms with Crippen LogP contribution in [0.15, 0.2) is 0 Å². The average Bonchev–Trinajstić information content (AvgIpc) is 1.95. The molecule has 0 atom stereocenters. The van der Waals surface area contributed by atoms with Crippen LogP contribution in [0.2, 0.25) is 0 Å². The summed E-state index contributed by atoms with van der Waals surface area (Å²) in [6, 6.07) is 0. The topological polar surface area (TPSA) is 238 Å². The molecule has 0 aliphatic rings. The fraction of sp³-hybridized carbons (Fsp3) is 0.500. The molecular formula is C6H12O12S. The molecule has 0 radical (unpaired) electrons. The maximum Gasteiger partial charge on any atom is 0.394 e. The Morgan fingerprint density at radius 3 is 1.21 bits per heavy atom. The Hall–Kier alpha value is -1.80. The standard InChI is InChI=1S/C6H8O7.H2O4S.H2O/c7-3(8)1-6(13,5(11)12)2-4(9)10;1-5(2,3)4;/h13H,1-2H2,(H,7,8)(H,9,10)(H,11,12);(H2,1,2,3,4);1H2. The van der Waals surface area contributed by atoms with E-state index in [1.807, 2.05) is 0 Å². The Labute approximate surface area is 105 Å². The van der Waals surface area contributed by atoms with E-state index in [-0.39, 0.29) is 5.48 Å². The molecule has 13 heteroatoms. The van der Waals surface area contributed by atoms with Crippen molar-refractivity contribution < 1.29 is 57.8 Å². The number of carboxylic acids is 3. The lowest BCUT2D eigenvalue weighted by molar-refractivity contribution is -0.170. The molecule has 0 aromatic carbocycles. The Morgan fingerprint density at radius 1 is 0.895 bits per heavy atom. The summed E-state index contributed by atoms with van der Waals surface area (Å²) in [5, 5.41) is 33.8. The number of carboxylic acid groups (broad SMARTS) is 3. The Bertz CT molecular complexity index is 398. The Balaban J connectivity index is -0.000000366. The molecule has 0 amide bonds. The molecule has 0 saturated heterocycles. The van der Waals surface area contributed by atoms with Crippen molar-refractivity contribution in [1.29, 1.82) is 0 Å². The smallest absolute Gasteiger partial charge is 0.394 e. The first kappa shape index (κ1) is 22.4. The van der Waals surface area contributed by atoms with Crippen LogP contribution in [0.3, 0.4) is 0 Å². The van der Waals surface area contributed by atoms with E-state index in [4.69, 9.17) is 37.9 Å². The van der Waals surface area contributed by atoms with Crippen LogP contribution in [-0.4, -0.2) is 66.9 Å². The minimum absolute atomic E-state index is 0. The van der Waals surface area contributed by atoms with Crippen molar-refractivity contribution in [1.82, 2.24) is 0 Å². The first-order valence-electron chi connectivity index (χ1n) is 3.87. The van der Waals surface area contributed by atoms with Crippen molar-refractivity contribution in [3.8, 4) is 0 Å². The van der Waals surface area contributed by atoms with Crippen molar-refractivity contribution in [3.05, 3.63) is 0 Å². The van der Waals surface area contributed by atoms with Gasteiger partial charge in [-0.25, -0.2) is 4.79 Å². The van der Waals surface area contributed by atoms with Crippen LogP contribution in [0, 0.1) is 0 Å². The molecule has 0 heterocycles. The highest BCUT2D eigenvalue weighted by Crippen LogP contribution is 2.15. The van der Waals surface area contributed by atoms with Crippen LogP contribution in [0.5, 0.6) is 0 Å². The average molecular weight is 308 g/mol. The molecule has 0 rings (SSSR count). The second-order valence-electron chi connectivity index (χ2n) is 2.93. The number of aliphatic carboxylic acids is 3. The van der Waals surface area contributed by atoms with Crippen molar-refractivity contribution in [2.24, 2.45) is 0 Å². The van der Waals surface area contributed by atoms with Gasteiger partial charge in [0, 0.05) is 0 Å². The third kappa shape index (κ3) is 16.2. The number of aliphatic hydroxyl groups is 1. The lowest BCUT2D eigenvalue weighted by atomic mass is 9.96. The van der Waals surface area contributed by atoms with Crippen molar-refractivity contribution in [3.63, 3.8) is 0 Å². The van der Waals surface area contributed by atoms with Gasteiger partial charge in [-0.1, -0.05) is 0 Å². The Morgan fingerprint density at radius 2 is 1.11 bits per heavy atom.